The summed E-state index contributed by atoms with van der Waals surface area (Å²) in [6.45, 7) is 8.27. The van der Waals surface area contributed by atoms with E-state index in [2.05, 4.69) is 26.1 Å². The standard InChI is InChI=1S/C14H28N2O2/c1-13(2,3)11(7-9-17)16-12(18)14(4)8-5-6-10(14)15/h10-11,17H,5-9,15H2,1-4H3,(H,16,18). The molecule has 3 unspecified atom stereocenters. The third-order valence-corrected chi connectivity index (χ3v) is 4.32. The molecule has 1 aliphatic rings. The Labute approximate surface area is 110 Å². The Morgan fingerprint density at radius 1 is 1.56 bits per heavy atom. The SMILES string of the molecule is CC(C)(C)C(CCO)NC(=O)C1(C)CCCC1N. The first kappa shape index (κ1) is 15.4. The number of nitrogens with two attached hydrogens (primary N) is 1. The molecule has 4 N–H and O–H groups in total. The van der Waals surface area contributed by atoms with Crippen LogP contribution in [0.15, 0.2) is 0 Å². The lowest BCUT2D eigenvalue weighted by Crippen LogP contribution is -2.53. The van der Waals surface area contributed by atoms with Crippen molar-refractivity contribution in [2.75, 3.05) is 6.61 Å². The molecule has 0 aromatic rings. The van der Waals surface area contributed by atoms with Gasteiger partial charge in [0.1, 0.15) is 0 Å². The number of carbonyl (C=O) groups excluding carboxylic acids is 1. The second-order valence-corrected chi connectivity index (χ2v) is 6.82. The number of hydrogen-bond acceptors (Lipinski definition) is 3. The Morgan fingerprint density at radius 2 is 2.17 bits per heavy atom. The molecule has 1 amide bonds. The van der Waals surface area contributed by atoms with Crippen molar-refractivity contribution >= 4 is 5.91 Å². The van der Waals surface area contributed by atoms with Gasteiger partial charge in [-0.05, 0) is 31.6 Å². The van der Waals surface area contributed by atoms with Crippen LogP contribution >= 0.6 is 0 Å². The highest BCUT2D eigenvalue weighted by Gasteiger charge is 2.44. The fourth-order valence-corrected chi connectivity index (χ4v) is 2.65. The Hall–Kier alpha value is -0.610. The zero-order chi connectivity index (χ0) is 14.0. The summed E-state index contributed by atoms with van der Waals surface area (Å²) in [5.41, 5.74) is 5.56. The normalized spacial score (nSPS) is 30.2. The van der Waals surface area contributed by atoms with E-state index in [4.69, 9.17) is 10.8 Å². The minimum Gasteiger partial charge on any atom is -0.396 e. The molecule has 4 nitrogen and oxygen atoms in total. The third-order valence-electron chi connectivity index (χ3n) is 4.32. The van der Waals surface area contributed by atoms with Gasteiger partial charge in [-0.25, -0.2) is 0 Å². The Balaban J connectivity index is 2.72. The monoisotopic (exact) mass is 256 g/mol. The van der Waals surface area contributed by atoms with Crippen LogP contribution in [-0.2, 0) is 4.79 Å². The van der Waals surface area contributed by atoms with E-state index in [1.54, 1.807) is 0 Å². The highest BCUT2D eigenvalue weighted by molar-refractivity contribution is 5.83. The molecule has 0 aromatic carbocycles. The number of aliphatic hydroxyl groups is 1. The van der Waals surface area contributed by atoms with Gasteiger partial charge in [0.25, 0.3) is 0 Å². The van der Waals surface area contributed by atoms with Crippen molar-refractivity contribution in [3.05, 3.63) is 0 Å². The number of aliphatic hydroxyl groups excluding tert-OH is 1. The average Bonchev–Trinajstić information content (AvgIpc) is 2.58. The fourth-order valence-electron chi connectivity index (χ4n) is 2.65. The van der Waals surface area contributed by atoms with Crippen molar-refractivity contribution in [2.45, 2.75) is 65.5 Å². The van der Waals surface area contributed by atoms with Crippen LogP contribution in [0.2, 0.25) is 0 Å². The average molecular weight is 256 g/mol. The molecule has 0 radical (unpaired) electrons. The summed E-state index contributed by atoms with van der Waals surface area (Å²) >= 11 is 0. The minimum atomic E-state index is -0.445. The first-order valence-electron chi connectivity index (χ1n) is 6.89. The summed E-state index contributed by atoms with van der Waals surface area (Å²) < 4.78 is 0. The van der Waals surface area contributed by atoms with Gasteiger partial charge in [0.2, 0.25) is 5.91 Å². The number of carbonyl (C=O) groups is 1. The molecule has 18 heavy (non-hydrogen) atoms. The van der Waals surface area contributed by atoms with E-state index in [1.807, 2.05) is 6.92 Å². The molecule has 1 fully saturated rings. The molecule has 0 spiro atoms. The number of amides is 1. The summed E-state index contributed by atoms with van der Waals surface area (Å²) in [7, 11) is 0. The zero-order valence-electron chi connectivity index (χ0n) is 12.1. The van der Waals surface area contributed by atoms with E-state index >= 15 is 0 Å². The molecule has 0 bridgehead atoms. The number of nitrogens with one attached hydrogen (secondary N) is 1. The number of rotatable bonds is 4. The topological polar surface area (TPSA) is 75.3 Å². The van der Waals surface area contributed by atoms with Crippen LogP contribution in [0.4, 0.5) is 0 Å². The molecule has 106 valence electrons. The van der Waals surface area contributed by atoms with Crippen LogP contribution < -0.4 is 11.1 Å². The van der Waals surface area contributed by atoms with Gasteiger partial charge in [-0.2, -0.15) is 0 Å². The largest absolute Gasteiger partial charge is 0.396 e. The summed E-state index contributed by atoms with van der Waals surface area (Å²) in [4.78, 5) is 12.4. The van der Waals surface area contributed by atoms with E-state index in [1.165, 1.54) is 0 Å². The second kappa shape index (κ2) is 5.57. The molecule has 1 rings (SSSR count). The van der Waals surface area contributed by atoms with E-state index in [9.17, 15) is 4.79 Å². The lowest BCUT2D eigenvalue weighted by atomic mass is 9.81. The van der Waals surface area contributed by atoms with Crippen molar-refractivity contribution < 1.29 is 9.90 Å². The Bertz CT molecular complexity index is 299. The molecule has 0 saturated heterocycles. The first-order chi connectivity index (χ1) is 8.21. The van der Waals surface area contributed by atoms with E-state index in [-0.39, 0.29) is 30.0 Å². The third kappa shape index (κ3) is 3.23. The van der Waals surface area contributed by atoms with E-state index < -0.39 is 5.41 Å². The summed E-state index contributed by atoms with van der Waals surface area (Å²) in [6.07, 6.45) is 3.38. The molecule has 1 aliphatic carbocycles. The van der Waals surface area contributed by atoms with Crippen molar-refractivity contribution in [3.63, 3.8) is 0 Å². The lowest BCUT2D eigenvalue weighted by Gasteiger charge is -2.35. The quantitative estimate of drug-likeness (QED) is 0.712. The molecule has 0 aliphatic heterocycles. The van der Waals surface area contributed by atoms with Crippen LogP contribution in [0.5, 0.6) is 0 Å². The maximum atomic E-state index is 12.4. The van der Waals surface area contributed by atoms with Crippen molar-refractivity contribution in [1.82, 2.24) is 5.32 Å². The molecule has 0 heterocycles. The molecule has 0 aromatic heterocycles. The molecular formula is C14H28N2O2. The highest BCUT2D eigenvalue weighted by Crippen LogP contribution is 2.37. The van der Waals surface area contributed by atoms with E-state index in [0.717, 1.165) is 19.3 Å². The van der Waals surface area contributed by atoms with Crippen molar-refractivity contribution in [3.8, 4) is 0 Å². The van der Waals surface area contributed by atoms with Gasteiger partial charge in [0.05, 0.1) is 5.41 Å². The predicted molar refractivity (Wildman–Crippen MR) is 73.0 cm³/mol. The van der Waals surface area contributed by atoms with Crippen LogP contribution in [-0.4, -0.2) is 29.7 Å². The predicted octanol–water partition coefficient (Wildman–Crippen LogP) is 1.42. The molecule has 1 saturated carbocycles. The van der Waals surface area contributed by atoms with Gasteiger partial charge in [-0.15, -0.1) is 0 Å². The Morgan fingerprint density at radius 3 is 2.56 bits per heavy atom. The number of hydrogen-bond donors (Lipinski definition) is 3. The zero-order valence-corrected chi connectivity index (χ0v) is 12.1. The lowest BCUT2D eigenvalue weighted by molar-refractivity contribution is -0.132. The summed E-state index contributed by atoms with van der Waals surface area (Å²) in [6, 6.07) is -0.0631. The van der Waals surface area contributed by atoms with Crippen LogP contribution in [0.1, 0.15) is 53.4 Å². The van der Waals surface area contributed by atoms with Crippen LogP contribution in [0.3, 0.4) is 0 Å². The summed E-state index contributed by atoms with van der Waals surface area (Å²) in [5.74, 6) is 0.0425. The maximum absolute atomic E-state index is 12.4. The molecule has 3 atom stereocenters. The van der Waals surface area contributed by atoms with Gasteiger partial charge in [0, 0.05) is 18.7 Å². The summed E-state index contributed by atoms with van der Waals surface area (Å²) in [5, 5.41) is 12.2. The molecule has 4 heteroatoms. The van der Waals surface area contributed by atoms with E-state index in [0.29, 0.717) is 6.42 Å². The highest BCUT2D eigenvalue weighted by atomic mass is 16.3. The van der Waals surface area contributed by atoms with Gasteiger partial charge >= 0.3 is 0 Å². The van der Waals surface area contributed by atoms with Gasteiger partial charge in [-0.1, -0.05) is 27.2 Å². The van der Waals surface area contributed by atoms with Crippen molar-refractivity contribution in [2.24, 2.45) is 16.6 Å². The minimum absolute atomic E-state index is 0.0142. The smallest absolute Gasteiger partial charge is 0.227 e. The second-order valence-electron chi connectivity index (χ2n) is 6.82. The molecular weight excluding hydrogens is 228 g/mol. The van der Waals surface area contributed by atoms with Crippen molar-refractivity contribution in [1.29, 1.82) is 0 Å². The van der Waals surface area contributed by atoms with Gasteiger partial charge in [-0.3, -0.25) is 4.79 Å². The van der Waals surface area contributed by atoms with Crippen LogP contribution in [0.25, 0.3) is 0 Å². The first-order valence-corrected chi connectivity index (χ1v) is 6.89. The van der Waals surface area contributed by atoms with Gasteiger partial charge < -0.3 is 16.2 Å². The fraction of sp³-hybridized carbons (Fsp3) is 0.929. The van der Waals surface area contributed by atoms with Gasteiger partial charge in [0.15, 0.2) is 0 Å². The van der Waals surface area contributed by atoms with Crippen LogP contribution in [0, 0.1) is 10.8 Å². The Kier molecular flexibility index (Phi) is 4.78. The maximum Gasteiger partial charge on any atom is 0.227 e.